The summed E-state index contributed by atoms with van der Waals surface area (Å²) < 4.78 is 19.6. The van der Waals surface area contributed by atoms with Crippen molar-refractivity contribution in [2.24, 2.45) is 4.99 Å². The molecule has 0 aliphatic heterocycles. The highest BCUT2D eigenvalue weighted by Gasteiger charge is 2.26. The summed E-state index contributed by atoms with van der Waals surface area (Å²) in [6.07, 6.45) is 1.55. The summed E-state index contributed by atoms with van der Waals surface area (Å²) in [5.41, 5.74) is 2.06. The van der Waals surface area contributed by atoms with Gasteiger partial charge >= 0.3 is 11.9 Å². The van der Waals surface area contributed by atoms with E-state index in [1.54, 1.807) is 18.2 Å². The molecule has 7 nitrogen and oxygen atoms in total. The summed E-state index contributed by atoms with van der Waals surface area (Å²) in [4.78, 5) is 32.1. The van der Waals surface area contributed by atoms with E-state index in [1.165, 1.54) is 24.5 Å². The first kappa shape index (κ1) is 26.4. The summed E-state index contributed by atoms with van der Waals surface area (Å²) in [7, 11) is 0. The van der Waals surface area contributed by atoms with Gasteiger partial charge in [-0.2, -0.15) is 0 Å². The van der Waals surface area contributed by atoms with Gasteiger partial charge in [-0.1, -0.05) is 49.2 Å². The molecule has 0 aliphatic rings. The zero-order valence-electron chi connectivity index (χ0n) is 19.1. The summed E-state index contributed by atoms with van der Waals surface area (Å²) in [5.74, 6) is -2.27. The lowest BCUT2D eigenvalue weighted by molar-refractivity contribution is -0.138. The second-order valence-corrected chi connectivity index (χ2v) is 9.15. The van der Waals surface area contributed by atoms with Crippen LogP contribution in [0.4, 0.5) is 4.39 Å². The minimum atomic E-state index is -1.17. The number of hydrogen-bond donors (Lipinski definition) is 2. The van der Waals surface area contributed by atoms with Crippen LogP contribution in [0.1, 0.15) is 48.1 Å². The smallest absolute Gasteiger partial charge is 0.328 e. The van der Waals surface area contributed by atoms with Gasteiger partial charge in [0.1, 0.15) is 18.1 Å². The van der Waals surface area contributed by atoms with Crippen LogP contribution >= 0.6 is 23.2 Å². The Morgan fingerprint density at radius 2 is 1.97 bits per heavy atom. The van der Waals surface area contributed by atoms with Crippen molar-refractivity contribution >= 4 is 41.8 Å². The van der Waals surface area contributed by atoms with Crippen LogP contribution in [0.2, 0.25) is 10.0 Å². The van der Waals surface area contributed by atoms with Crippen molar-refractivity contribution in [2.45, 2.75) is 44.7 Å². The monoisotopic (exact) mass is 519 g/mol. The van der Waals surface area contributed by atoms with Crippen molar-refractivity contribution in [2.75, 3.05) is 0 Å². The number of amides is 1. The van der Waals surface area contributed by atoms with Gasteiger partial charge < -0.3 is 14.8 Å². The first-order valence-electron chi connectivity index (χ1n) is 10.8. The number of carboxylic acid groups (broad SMARTS) is 1. The largest absolute Gasteiger partial charge is 0.480 e. The molecular formula is C25H24Cl2FN3O4. The molecule has 0 aliphatic carbocycles. The molecule has 35 heavy (non-hydrogen) atoms. The van der Waals surface area contributed by atoms with Gasteiger partial charge in [-0.25, -0.2) is 14.2 Å². The molecule has 3 aromatic rings. The van der Waals surface area contributed by atoms with Gasteiger partial charge in [0.2, 0.25) is 0 Å². The minimum absolute atomic E-state index is 0.0384. The third-order valence-electron chi connectivity index (χ3n) is 5.41. The fourth-order valence-corrected chi connectivity index (χ4v) is 3.91. The van der Waals surface area contributed by atoms with E-state index in [1.807, 2.05) is 13.8 Å². The number of rotatable bonds is 10. The second-order valence-electron chi connectivity index (χ2n) is 8.31. The second kappa shape index (κ2) is 11.5. The van der Waals surface area contributed by atoms with E-state index >= 15 is 0 Å². The number of nitrogens with one attached hydrogen (secondary N) is 1. The van der Waals surface area contributed by atoms with E-state index in [-0.39, 0.29) is 24.7 Å². The third-order valence-corrected chi connectivity index (χ3v) is 6.00. The molecule has 0 fully saturated rings. The molecule has 1 aromatic heterocycles. The van der Waals surface area contributed by atoms with Gasteiger partial charge in [-0.15, -0.1) is 0 Å². The van der Waals surface area contributed by atoms with E-state index < -0.39 is 29.8 Å². The zero-order chi connectivity index (χ0) is 25.7. The van der Waals surface area contributed by atoms with Gasteiger partial charge in [0.25, 0.3) is 5.89 Å². The van der Waals surface area contributed by atoms with Crippen LogP contribution in [0.3, 0.4) is 0 Å². The summed E-state index contributed by atoms with van der Waals surface area (Å²) in [6, 6.07) is 7.35. The number of benzene rings is 2. The van der Waals surface area contributed by atoms with Crippen LogP contribution < -0.4 is 5.32 Å². The molecule has 0 radical (unpaired) electrons. The van der Waals surface area contributed by atoms with E-state index in [9.17, 15) is 19.1 Å². The number of halogens is 3. The van der Waals surface area contributed by atoms with Crippen molar-refractivity contribution in [1.82, 2.24) is 10.3 Å². The lowest BCUT2D eigenvalue weighted by Crippen LogP contribution is -2.40. The molecule has 2 atom stereocenters. The van der Waals surface area contributed by atoms with Gasteiger partial charge in [0.15, 0.2) is 0 Å². The predicted octanol–water partition coefficient (Wildman–Crippen LogP) is 5.80. The SMILES string of the molecule is C=N[C@H](C[C@@H](Cc1ccc(-c2cc(Cl)ccc2F)cc1Cl)NC(=O)c1nc(C(C)C)co1)C(=O)O. The van der Waals surface area contributed by atoms with Crippen LogP contribution in [0, 0.1) is 5.82 Å². The minimum Gasteiger partial charge on any atom is -0.480 e. The lowest BCUT2D eigenvalue weighted by Gasteiger charge is -2.21. The topological polar surface area (TPSA) is 105 Å². The quantitative estimate of drug-likeness (QED) is 0.329. The van der Waals surface area contributed by atoms with E-state index in [2.05, 4.69) is 22.0 Å². The van der Waals surface area contributed by atoms with Crippen LogP contribution in [-0.2, 0) is 11.2 Å². The molecule has 10 heteroatoms. The third kappa shape index (κ3) is 6.68. The Kier molecular flexibility index (Phi) is 8.64. The molecule has 0 spiro atoms. The maximum atomic E-state index is 14.3. The number of carboxylic acids is 1. The number of hydrogen-bond acceptors (Lipinski definition) is 5. The normalized spacial score (nSPS) is 12.9. The van der Waals surface area contributed by atoms with E-state index in [4.69, 9.17) is 27.6 Å². The Morgan fingerprint density at radius 1 is 1.23 bits per heavy atom. The van der Waals surface area contributed by atoms with E-state index in [0.717, 1.165) is 0 Å². The highest BCUT2D eigenvalue weighted by Crippen LogP contribution is 2.30. The Hall–Kier alpha value is -3.23. The number of carbonyl (C=O) groups is 2. The fraction of sp³-hybridized carbons (Fsp3) is 0.280. The molecule has 3 rings (SSSR count). The van der Waals surface area contributed by atoms with Gasteiger partial charge in [-0.05, 0) is 54.4 Å². The van der Waals surface area contributed by atoms with Crippen molar-refractivity contribution < 1.29 is 23.5 Å². The Morgan fingerprint density at radius 3 is 2.57 bits per heavy atom. The highest BCUT2D eigenvalue weighted by molar-refractivity contribution is 6.32. The zero-order valence-corrected chi connectivity index (χ0v) is 20.6. The van der Waals surface area contributed by atoms with Gasteiger partial charge in [-0.3, -0.25) is 9.79 Å². The number of nitrogens with zero attached hydrogens (tertiary/aromatic N) is 2. The predicted molar refractivity (Wildman–Crippen MR) is 133 cm³/mol. The molecule has 1 amide bonds. The van der Waals surface area contributed by atoms with Crippen LogP contribution in [0.15, 0.2) is 52.1 Å². The number of aliphatic carboxylic acids is 1. The molecular weight excluding hydrogens is 496 g/mol. The van der Waals surface area contributed by atoms with Gasteiger partial charge in [0.05, 0.1) is 5.69 Å². The maximum Gasteiger partial charge on any atom is 0.328 e. The number of aromatic nitrogens is 1. The molecule has 0 saturated heterocycles. The fourth-order valence-electron chi connectivity index (χ4n) is 3.48. The van der Waals surface area contributed by atoms with E-state index in [0.29, 0.717) is 32.4 Å². The molecule has 2 N–H and O–H groups in total. The summed E-state index contributed by atoms with van der Waals surface area (Å²) in [6.45, 7) is 7.16. The van der Waals surface area contributed by atoms with Crippen molar-refractivity contribution in [3.63, 3.8) is 0 Å². The first-order chi connectivity index (χ1) is 16.6. The Balaban J connectivity index is 1.86. The number of oxazole rings is 1. The van der Waals surface area contributed by atoms with Crippen molar-refractivity contribution in [3.8, 4) is 11.1 Å². The Bertz CT molecular complexity index is 1250. The molecule has 0 bridgehead atoms. The standard InChI is InChI=1S/C25H24Cl2FN3O4/c1-13(2)22-12-35-24(31-22)23(32)30-17(11-21(29-3)25(33)34)8-15-5-4-14(9-19(15)27)18-10-16(26)6-7-20(18)28/h4-7,9-10,12-13,17,21H,3,8,11H2,1-2H3,(H,30,32)(H,33,34)/t17-,21-/m1/s1. The first-order valence-corrected chi connectivity index (χ1v) is 11.5. The molecule has 2 aromatic carbocycles. The molecule has 0 saturated carbocycles. The number of aliphatic imine (C=N–C) groups is 1. The molecule has 0 unspecified atom stereocenters. The summed E-state index contributed by atoms with van der Waals surface area (Å²) in [5, 5.41) is 12.9. The van der Waals surface area contributed by atoms with Gasteiger partial charge in [0, 0.05) is 28.1 Å². The average Bonchev–Trinajstić information content (AvgIpc) is 3.31. The summed E-state index contributed by atoms with van der Waals surface area (Å²) >= 11 is 12.5. The van der Waals surface area contributed by atoms with Crippen LogP contribution in [0.5, 0.6) is 0 Å². The highest BCUT2D eigenvalue weighted by atomic mass is 35.5. The molecule has 1 heterocycles. The average molecular weight is 520 g/mol. The maximum absolute atomic E-state index is 14.3. The molecule has 184 valence electrons. The van der Waals surface area contributed by atoms with Crippen molar-refractivity contribution in [1.29, 1.82) is 0 Å². The van der Waals surface area contributed by atoms with Crippen molar-refractivity contribution in [3.05, 3.63) is 75.7 Å². The van der Waals surface area contributed by atoms with Crippen LogP contribution in [0.25, 0.3) is 11.1 Å². The van der Waals surface area contributed by atoms with Crippen LogP contribution in [-0.4, -0.2) is 40.8 Å². The lowest BCUT2D eigenvalue weighted by atomic mass is 9.97. The number of carbonyl (C=O) groups excluding carboxylic acids is 1. The Labute approximate surface area is 212 Å².